The zero-order chi connectivity index (χ0) is 25.2. The van der Waals surface area contributed by atoms with E-state index in [9.17, 15) is 23.5 Å². The number of rotatable bonds is 13. The lowest BCUT2D eigenvalue weighted by atomic mass is 9.91. The van der Waals surface area contributed by atoms with Crippen LogP contribution < -0.4 is 10.6 Å². The van der Waals surface area contributed by atoms with Crippen LogP contribution in [0.3, 0.4) is 0 Å². The summed E-state index contributed by atoms with van der Waals surface area (Å²) in [6.45, 7) is 10.8. The molecule has 1 aromatic rings. The molecule has 1 aromatic carbocycles. The highest BCUT2D eigenvalue weighted by Crippen LogP contribution is 2.30. The Kier molecular flexibility index (Phi) is 11.8. The quantitative estimate of drug-likeness (QED) is 0.383. The standard InChI is InChI=1S/C25H40F2N2O4/c1-16(2)12-13-25(26,27)22(30)20(14-17(3)4)28-23(31)21(18(5)6)29-24(32)33-15-19-10-8-7-9-11-19/h7-11,16-18,20-22,30H,12-15H2,1-6H3,(H,28,31)(H,29,32)/t20-,21-,22+/m0/s1. The maximum absolute atomic E-state index is 14.7. The molecule has 2 amide bonds. The second-order valence-corrected chi connectivity index (χ2v) is 9.81. The first kappa shape index (κ1) is 28.8. The second-order valence-electron chi connectivity index (χ2n) is 9.81. The number of alkyl halides is 2. The van der Waals surface area contributed by atoms with Crippen LogP contribution in [-0.4, -0.2) is 41.2 Å². The Balaban J connectivity index is 2.84. The Morgan fingerprint density at radius 1 is 1.00 bits per heavy atom. The Hall–Kier alpha value is -2.22. The van der Waals surface area contributed by atoms with Crippen LogP contribution in [0.5, 0.6) is 0 Å². The summed E-state index contributed by atoms with van der Waals surface area (Å²) in [5.41, 5.74) is 0.793. The normalized spacial score (nSPS) is 14.8. The van der Waals surface area contributed by atoms with Crippen molar-refractivity contribution in [2.75, 3.05) is 0 Å². The van der Waals surface area contributed by atoms with Gasteiger partial charge in [-0.15, -0.1) is 0 Å². The summed E-state index contributed by atoms with van der Waals surface area (Å²) in [5.74, 6) is -4.27. The van der Waals surface area contributed by atoms with E-state index in [0.29, 0.717) is 0 Å². The first-order valence-electron chi connectivity index (χ1n) is 11.7. The number of benzene rings is 1. The van der Waals surface area contributed by atoms with Crippen molar-refractivity contribution in [3.05, 3.63) is 35.9 Å². The molecule has 0 aromatic heterocycles. The summed E-state index contributed by atoms with van der Waals surface area (Å²) >= 11 is 0. The Bertz CT molecular complexity index is 726. The highest BCUT2D eigenvalue weighted by molar-refractivity contribution is 5.86. The predicted molar refractivity (Wildman–Crippen MR) is 125 cm³/mol. The van der Waals surface area contributed by atoms with Gasteiger partial charge in [0.25, 0.3) is 5.92 Å². The van der Waals surface area contributed by atoms with Gasteiger partial charge < -0.3 is 20.5 Å². The van der Waals surface area contributed by atoms with E-state index in [-0.39, 0.29) is 37.2 Å². The van der Waals surface area contributed by atoms with Crippen molar-refractivity contribution in [2.24, 2.45) is 17.8 Å². The monoisotopic (exact) mass is 470 g/mol. The number of hydrogen-bond donors (Lipinski definition) is 3. The van der Waals surface area contributed by atoms with Crippen LogP contribution in [0.4, 0.5) is 13.6 Å². The van der Waals surface area contributed by atoms with Crippen LogP contribution >= 0.6 is 0 Å². The molecule has 3 N–H and O–H groups in total. The minimum absolute atomic E-state index is 0.0351. The minimum atomic E-state index is -3.34. The van der Waals surface area contributed by atoms with E-state index in [1.807, 2.05) is 45.9 Å². The summed E-state index contributed by atoms with van der Waals surface area (Å²) in [6.07, 6.45) is -2.84. The van der Waals surface area contributed by atoms with Crippen molar-refractivity contribution in [1.29, 1.82) is 0 Å². The molecule has 6 nitrogen and oxygen atoms in total. The third-order valence-corrected chi connectivity index (χ3v) is 5.36. The summed E-state index contributed by atoms with van der Waals surface area (Å²) < 4.78 is 34.5. The van der Waals surface area contributed by atoms with Gasteiger partial charge >= 0.3 is 6.09 Å². The van der Waals surface area contributed by atoms with Crippen molar-refractivity contribution >= 4 is 12.0 Å². The molecular weight excluding hydrogens is 430 g/mol. The highest BCUT2D eigenvalue weighted by atomic mass is 19.3. The molecule has 8 heteroatoms. The van der Waals surface area contributed by atoms with Gasteiger partial charge in [-0.2, -0.15) is 0 Å². The number of halogens is 2. The highest BCUT2D eigenvalue weighted by Gasteiger charge is 2.44. The predicted octanol–water partition coefficient (Wildman–Crippen LogP) is 4.90. The van der Waals surface area contributed by atoms with Gasteiger partial charge in [-0.25, -0.2) is 13.6 Å². The Labute approximate surface area is 196 Å². The lowest BCUT2D eigenvalue weighted by Gasteiger charge is -2.33. The number of alkyl carbamates (subject to hydrolysis) is 1. The average molecular weight is 471 g/mol. The van der Waals surface area contributed by atoms with Crippen LogP contribution in [0.15, 0.2) is 30.3 Å². The molecular formula is C25H40F2N2O4. The molecule has 0 aliphatic rings. The molecule has 188 valence electrons. The van der Waals surface area contributed by atoms with Crippen LogP contribution in [0.2, 0.25) is 0 Å². The number of aliphatic hydroxyl groups is 1. The third-order valence-electron chi connectivity index (χ3n) is 5.36. The van der Waals surface area contributed by atoms with Crippen molar-refractivity contribution in [2.45, 2.75) is 91.5 Å². The SMILES string of the molecule is CC(C)CCC(F)(F)[C@H](O)[C@H](CC(C)C)NC(=O)[C@@H](NC(=O)OCc1ccccc1)C(C)C. The second kappa shape index (κ2) is 13.5. The lowest BCUT2D eigenvalue weighted by Crippen LogP contribution is -2.57. The van der Waals surface area contributed by atoms with E-state index in [2.05, 4.69) is 10.6 Å². The van der Waals surface area contributed by atoms with Crippen LogP contribution in [0.1, 0.15) is 66.4 Å². The molecule has 0 fully saturated rings. The molecule has 0 spiro atoms. The lowest BCUT2D eigenvalue weighted by molar-refractivity contribution is -0.140. The number of carbonyl (C=O) groups excluding carboxylic acids is 2. The molecule has 0 heterocycles. The van der Waals surface area contributed by atoms with E-state index in [4.69, 9.17) is 4.74 Å². The van der Waals surface area contributed by atoms with E-state index in [1.54, 1.807) is 26.0 Å². The van der Waals surface area contributed by atoms with Crippen LogP contribution in [-0.2, 0) is 16.1 Å². The molecule has 1 rings (SSSR count). The number of ether oxygens (including phenoxy) is 1. The number of amides is 2. The molecule has 0 aliphatic heterocycles. The first-order valence-corrected chi connectivity index (χ1v) is 11.7. The molecule has 33 heavy (non-hydrogen) atoms. The first-order chi connectivity index (χ1) is 15.3. The van der Waals surface area contributed by atoms with Crippen LogP contribution in [0.25, 0.3) is 0 Å². The molecule has 3 atom stereocenters. The molecule has 0 saturated heterocycles. The van der Waals surface area contributed by atoms with Gasteiger partial charge in [-0.05, 0) is 36.2 Å². The van der Waals surface area contributed by atoms with Gasteiger partial charge in [0.05, 0.1) is 6.04 Å². The summed E-state index contributed by atoms with van der Waals surface area (Å²) in [5, 5.41) is 15.6. The summed E-state index contributed by atoms with van der Waals surface area (Å²) in [6, 6.07) is 6.93. The fourth-order valence-electron chi connectivity index (χ4n) is 3.40. The summed E-state index contributed by atoms with van der Waals surface area (Å²) in [7, 11) is 0. The molecule has 0 unspecified atom stereocenters. The zero-order valence-electron chi connectivity index (χ0n) is 20.6. The van der Waals surface area contributed by atoms with Gasteiger partial charge in [0.15, 0.2) is 0 Å². The van der Waals surface area contributed by atoms with E-state index in [1.165, 1.54) is 0 Å². The van der Waals surface area contributed by atoms with Gasteiger partial charge in [0, 0.05) is 6.42 Å². The van der Waals surface area contributed by atoms with Gasteiger partial charge in [0.2, 0.25) is 5.91 Å². The van der Waals surface area contributed by atoms with Gasteiger partial charge in [-0.3, -0.25) is 4.79 Å². The van der Waals surface area contributed by atoms with E-state index in [0.717, 1.165) is 5.56 Å². The number of hydrogen-bond acceptors (Lipinski definition) is 4. The van der Waals surface area contributed by atoms with Crippen LogP contribution in [0, 0.1) is 17.8 Å². The Morgan fingerprint density at radius 3 is 2.12 bits per heavy atom. The van der Waals surface area contributed by atoms with E-state index < -0.39 is 42.5 Å². The molecule has 0 bridgehead atoms. The fourth-order valence-corrected chi connectivity index (χ4v) is 3.40. The van der Waals surface area contributed by atoms with Crippen molar-refractivity contribution < 1.29 is 28.2 Å². The molecule has 0 aliphatic carbocycles. The number of nitrogens with one attached hydrogen (secondary N) is 2. The fraction of sp³-hybridized carbons (Fsp3) is 0.680. The van der Waals surface area contributed by atoms with Gasteiger partial charge in [-0.1, -0.05) is 71.9 Å². The zero-order valence-corrected chi connectivity index (χ0v) is 20.6. The topological polar surface area (TPSA) is 87.7 Å². The smallest absolute Gasteiger partial charge is 0.408 e. The maximum atomic E-state index is 14.7. The van der Waals surface area contributed by atoms with Gasteiger partial charge in [0.1, 0.15) is 18.8 Å². The third kappa shape index (κ3) is 10.5. The average Bonchev–Trinajstić information content (AvgIpc) is 2.73. The number of carbonyl (C=O) groups is 2. The summed E-state index contributed by atoms with van der Waals surface area (Å²) in [4.78, 5) is 25.2. The Morgan fingerprint density at radius 2 is 1.61 bits per heavy atom. The van der Waals surface area contributed by atoms with Crippen molar-refractivity contribution in [1.82, 2.24) is 10.6 Å². The van der Waals surface area contributed by atoms with Crippen molar-refractivity contribution in [3.63, 3.8) is 0 Å². The molecule has 0 saturated carbocycles. The maximum Gasteiger partial charge on any atom is 0.408 e. The largest absolute Gasteiger partial charge is 0.445 e. The van der Waals surface area contributed by atoms with Crippen molar-refractivity contribution in [3.8, 4) is 0 Å². The molecule has 0 radical (unpaired) electrons. The minimum Gasteiger partial charge on any atom is -0.445 e. The number of aliphatic hydroxyl groups excluding tert-OH is 1. The van der Waals surface area contributed by atoms with E-state index >= 15 is 0 Å².